The van der Waals surface area contributed by atoms with Gasteiger partial charge in [-0.05, 0) is 38.1 Å². The minimum absolute atomic E-state index is 0.795. The molecule has 0 saturated heterocycles. The highest BCUT2D eigenvalue weighted by atomic mass is 14.9. The summed E-state index contributed by atoms with van der Waals surface area (Å²) in [7, 11) is 2.10. The van der Waals surface area contributed by atoms with Gasteiger partial charge in [0.1, 0.15) is 0 Å². The highest BCUT2D eigenvalue weighted by Crippen LogP contribution is 2.31. The topological polar surface area (TPSA) is 12.0 Å². The van der Waals surface area contributed by atoms with Crippen molar-refractivity contribution in [3.8, 4) is 0 Å². The first kappa shape index (κ1) is 9.05. The first-order valence-electron chi connectivity index (χ1n) is 4.91. The van der Waals surface area contributed by atoms with Crippen LogP contribution in [0.1, 0.15) is 39.5 Å². The van der Waals surface area contributed by atoms with E-state index in [1.54, 1.807) is 0 Å². The summed E-state index contributed by atoms with van der Waals surface area (Å²) >= 11 is 0. The summed E-state index contributed by atoms with van der Waals surface area (Å²) in [6.45, 7) is 4.62. The van der Waals surface area contributed by atoms with E-state index in [9.17, 15) is 0 Å². The summed E-state index contributed by atoms with van der Waals surface area (Å²) in [5.41, 5.74) is 0. The second-order valence-corrected chi connectivity index (χ2v) is 4.22. The van der Waals surface area contributed by atoms with Crippen LogP contribution in [0.15, 0.2) is 0 Å². The van der Waals surface area contributed by atoms with Crippen LogP contribution in [0.25, 0.3) is 0 Å². The predicted molar refractivity (Wildman–Crippen MR) is 49.6 cm³/mol. The molecule has 0 heterocycles. The van der Waals surface area contributed by atoms with Gasteiger partial charge in [0.15, 0.2) is 0 Å². The highest BCUT2D eigenvalue weighted by Gasteiger charge is 2.26. The molecular weight excluding hydrogens is 134 g/mol. The Hall–Kier alpha value is -0.0400. The molecule has 1 fully saturated rings. The quantitative estimate of drug-likeness (QED) is 0.657. The Balaban J connectivity index is 2.23. The van der Waals surface area contributed by atoms with Crippen LogP contribution >= 0.6 is 0 Å². The van der Waals surface area contributed by atoms with Crippen molar-refractivity contribution < 1.29 is 0 Å². The first-order chi connectivity index (χ1) is 5.24. The van der Waals surface area contributed by atoms with Gasteiger partial charge in [-0.15, -0.1) is 0 Å². The van der Waals surface area contributed by atoms with E-state index >= 15 is 0 Å². The number of hydrogen-bond acceptors (Lipinski definition) is 1. The molecule has 1 saturated carbocycles. The van der Waals surface area contributed by atoms with Crippen molar-refractivity contribution in [2.24, 2.45) is 11.8 Å². The molecular formula is C10H21N. The van der Waals surface area contributed by atoms with Crippen molar-refractivity contribution in [2.45, 2.75) is 45.6 Å². The van der Waals surface area contributed by atoms with Crippen LogP contribution in [-0.2, 0) is 0 Å². The average molecular weight is 155 g/mol. The van der Waals surface area contributed by atoms with Gasteiger partial charge in [-0.2, -0.15) is 0 Å². The van der Waals surface area contributed by atoms with Gasteiger partial charge < -0.3 is 5.32 Å². The van der Waals surface area contributed by atoms with E-state index in [0.717, 1.165) is 17.9 Å². The lowest BCUT2D eigenvalue weighted by Crippen LogP contribution is -2.38. The Kier molecular flexibility index (Phi) is 3.38. The van der Waals surface area contributed by atoms with Crippen molar-refractivity contribution >= 4 is 0 Å². The van der Waals surface area contributed by atoms with E-state index in [2.05, 4.69) is 26.2 Å². The summed E-state index contributed by atoms with van der Waals surface area (Å²) in [5.74, 6) is 1.83. The molecule has 11 heavy (non-hydrogen) atoms. The molecule has 1 rings (SSSR count). The van der Waals surface area contributed by atoms with E-state index in [-0.39, 0.29) is 0 Å². The van der Waals surface area contributed by atoms with Crippen LogP contribution in [-0.4, -0.2) is 13.1 Å². The lowest BCUT2D eigenvalue weighted by Gasteiger charge is -2.34. The van der Waals surface area contributed by atoms with E-state index in [1.165, 1.54) is 25.7 Å². The molecule has 1 N–H and O–H groups in total. The standard InChI is InChI=1S/C10H21N/c1-8(2)7-10(11-3)9-5-4-6-9/h8-11H,4-7H2,1-3H3. The van der Waals surface area contributed by atoms with Gasteiger partial charge in [-0.25, -0.2) is 0 Å². The maximum Gasteiger partial charge on any atom is 0.00947 e. The molecule has 0 aliphatic heterocycles. The molecule has 1 unspecified atom stereocenters. The van der Waals surface area contributed by atoms with Crippen molar-refractivity contribution in [3.63, 3.8) is 0 Å². The number of rotatable bonds is 4. The molecule has 0 bridgehead atoms. The largest absolute Gasteiger partial charge is 0.317 e. The van der Waals surface area contributed by atoms with Crippen LogP contribution in [0.4, 0.5) is 0 Å². The van der Waals surface area contributed by atoms with Crippen LogP contribution in [0.3, 0.4) is 0 Å². The maximum atomic E-state index is 3.44. The van der Waals surface area contributed by atoms with E-state index in [1.807, 2.05) is 0 Å². The third-order valence-corrected chi connectivity index (χ3v) is 2.81. The zero-order valence-corrected chi connectivity index (χ0v) is 8.06. The normalized spacial score (nSPS) is 21.8. The van der Waals surface area contributed by atoms with Crippen molar-refractivity contribution in [1.82, 2.24) is 5.32 Å². The summed E-state index contributed by atoms with van der Waals surface area (Å²) < 4.78 is 0. The summed E-state index contributed by atoms with van der Waals surface area (Å²) in [6.07, 6.45) is 5.72. The zero-order chi connectivity index (χ0) is 8.27. The van der Waals surface area contributed by atoms with Crippen LogP contribution < -0.4 is 5.32 Å². The highest BCUT2D eigenvalue weighted by molar-refractivity contribution is 4.82. The fourth-order valence-electron chi connectivity index (χ4n) is 1.90. The maximum absolute atomic E-state index is 3.44. The summed E-state index contributed by atoms with van der Waals surface area (Å²) in [5, 5.41) is 3.44. The Labute approximate surface area is 70.6 Å². The van der Waals surface area contributed by atoms with Crippen LogP contribution in [0.2, 0.25) is 0 Å². The molecule has 66 valence electrons. The number of hydrogen-bond donors (Lipinski definition) is 1. The van der Waals surface area contributed by atoms with Gasteiger partial charge >= 0.3 is 0 Å². The molecule has 0 amide bonds. The fourth-order valence-corrected chi connectivity index (χ4v) is 1.90. The molecule has 0 spiro atoms. The average Bonchev–Trinajstić information content (AvgIpc) is 1.81. The Morgan fingerprint density at radius 2 is 2.00 bits per heavy atom. The molecule has 0 radical (unpaired) electrons. The monoisotopic (exact) mass is 155 g/mol. The molecule has 1 aliphatic rings. The Morgan fingerprint density at radius 3 is 2.27 bits per heavy atom. The van der Waals surface area contributed by atoms with Gasteiger partial charge in [0.05, 0.1) is 0 Å². The van der Waals surface area contributed by atoms with Gasteiger partial charge in [0.25, 0.3) is 0 Å². The molecule has 1 nitrogen and oxygen atoms in total. The summed E-state index contributed by atoms with van der Waals surface area (Å²) in [6, 6.07) is 0.795. The fraction of sp³-hybridized carbons (Fsp3) is 1.00. The van der Waals surface area contributed by atoms with E-state index < -0.39 is 0 Å². The van der Waals surface area contributed by atoms with Crippen molar-refractivity contribution in [2.75, 3.05) is 7.05 Å². The first-order valence-corrected chi connectivity index (χ1v) is 4.91. The third kappa shape index (κ3) is 2.48. The van der Waals surface area contributed by atoms with E-state index in [0.29, 0.717) is 0 Å². The smallest absolute Gasteiger partial charge is 0.00947 e. The summed E-state index contributed by atoms with van der Waals surface area (Å²) in [4.78, 5) is 0. The molecule has 0 aromatic carbocycles. The minimum Gasteiger partial charge on any atom is -0.317 e. The van der Waals surface area contributed by atoms with Crippen molar-refractivity contribution in [1.29, 1.82) is 0 Å². The van der Waals surface area contributed by atoms with Gasteiger partial charge in [-0.3, -0.25) is 0 Å². The van der Waals surface area contributed by atoms with Crippen LogP contribution in [0, 0.1) is 11.8 Å². The lowest BCUT2D eigenvalue weighted by atomic mass is 9.77. The third-order valence-electron chi connectivity index (χ3n) is 2.81. The molecule has 1 heteroatoms. The van der Waals surface area contributed by atoms with E-state index in [4.69, 9.17) is 0 Å². The second-order valence-electron chi connectivity index (χ2n) is 4.22. The van der Waals surface area contributed by atoms with Crippen LogP contribution in [0.5, 0.6) is 0 Å². The lowest BCUT2D eigenvalue weighted by molar-refractivity contribution is 0.214. The Bertz CT molecular complexity index is 105. The molecule has 1 aliphatic carbocycles. The molecule has 1 atom stereocenters. The molecule has 0 aromatic rings. The minimum atomic E-state index is 0.795. The van der Waals surface area contributed by atoms with Gasteiger partial charge in [-0.1, -0.05) is 20.3 Å². The predicted octanol–water partition coefficient (Wildman–Crippen LogP) is 2.42. The molecule has 0 aromatic heterocycles. The Morgan fingerprint density at radius 1 is 1.36 bits per heavy atom. The number of nitrogens with one attached hydrogen (secondary N) is 1. The van der Waals surface area contributed by atoms with Gasteiger partial charge in [0.2, 0.25) is 0 Å². The SMILES string of the molecule is CNC(CC(C)C)C1CCC1. The zero-order valence-electron chi connectivity index (χ0n) is 8.06. The second kappa shape index (κ2) is 4.10. The van der Waals surface area contributed by atoms with Crippen molar-refractivity contribution in [3.05, 3.63) is 0 Å². The van der Waals surface area contributed by atoms with Gasteiger partial charge in [0, 0.05) is 6.04 Å².